The SMILES string of the molecule is COC(C)c1ccc(OCCCC2CCN(C(=O)OC(C)(C)C)CC2)cc1C. The van der Waals surface area contributed by atoms with Crippen LogP contribution in [0.1, 0.15) is 70.6 Å². The molecule has 1 aliphatic rings. The maximum absolute atomic E-state index is 12.1. The van der Waals surface area contributed by atoms with Crippen LogP contribution in [0.15, 0.2) is 18.2 Å². The Morgan fingerprint density at radius 1 is 1.25 bits per heavy atom. The number of carbonyl (C=O) groups excluding carboxylic acids is 1. The highest BCUT2D eigenvalue weighted by atomic mass is 16.6. The Morgan fingerprint density at radius 2 is 1.93 bits per heavy atom. The predicted molar refractivity (Wildman–Crippen MR) is 112 cm³/mol. The summed E-state index contributed by atoms with van der Waals surface area (Å²) in [6.45, 7) is 12.2. The Balaban J connectivity index is 1.67. The van der Waals surface area contributed by atoms with Gasteiger partial charge in [0.15, 0.2) is 0 Å². The first-order valence-corrected chi connectivity index (χ1v) is 10.4. The maximum atomic E-state index is 12.1. The molecule has 1 atom stereocenters. The van der Waals surface area contributed by atoms with Crippen LogP contribution in [-0.4, -0.2) is 43.4 Å². The van der Waals surface area contributed by atoms with Crippen LogP contribution in [0.5, 0.6) is 5.75 Å². The smallest absolute Gasteiger partial charge is 0.410 e. The summed E-state index contributed by atoms with van der Waals surface area (Å²) in [6, 6.07) is 6.20. The first-order chi connectivity index (χ1) is 13.2. The third-order valence-electron chi connectivity index (χ3n) is 5.32. The average Bonchev–Trinajstić information content (AvgIpc) is 2.64. The first-order valence-electron chi connectivity index (χ1n) is 10.4. The Labute approximate surface area is 170 Å². The molecule has 5 heteroatoms. The van der Waals surface area contributed by atoms with Crippen molar-refractivity contribution in [3.05, 3.63) is 29.3 Å². The fourth-order valence-corrected chi connectivity index (χ4v) is 3.61. The number of hydrogen-bond acceptors (Lipinski definition) is 4. The van der Waals surface area contributed by atoms with Gasteiger partial charge in [0.1, 0.15) is 11.4 Å². The Hall–Kier alpha value is -1.75. The molecule has 2 rings (SSSR count). The average molecular weight is 392 g/mol. The lowest BCUT2D eigenvalue weighted by Gasteiger charge is -2.33. The molecule has 0 aromatic heterocycles. The minimum Gasteiger partial charge on any atom is -0.494 e. The highest BCUT2D eigenvalue weighted by molar-refractivity contribution is 5.68. The number of piperidine rings is 1. The van der Waals surface area contributed by atoms with E-state index in [0.29, 0.717) is 5.92 Å². The molecule has 158 valence electrons. The molecule has 0 radical (unpaired) electrons. The second-order valence-electron chi connectivity index (χ2n) is 8.80. The summed E-state index contributed by atoms with van der Waals surface area (Å²) in [5, 5.41) is 0. The Morgan fingerprint density at radius 3 is 2.50 bits per heavy atom. The minimum absolute atomic E-state index is 0.0978. The van der Waals surface area contributed by atoms with Crippen LogP contribution in [0.3, 0.4) is 0 Å². The third-order valence-corrected chi connectivity index (χ3v) is 5.32. The van der Waals surface area contributed by atoms with Crippen LogP contribution in [-0.2, 0) is 9.47 Å². The second-order valence-corrected chi connectivity index (χ2v) is 8.80. The molecule has 1 saturated heterocycles. The number of amides is 1. The number of aryl methyl sites for hydroxylation is 1. The van der Waals surface area contributed by atoms with Gasteiger partial charge < -0.3 is 19.1 Å². The van der Waals surface area contributed by atoms with E-state index in [2.05, 4.69) is 26.0 Å². The van der Waals surface area contributed by atoms with Gasteiger partial charge >= 0.3 is 6.09 Å². The molecule has 0 aliphatic carbocycles. The van der Waals surface area contributed by atoms with Crippen molar-refractivity contribution in [3.63, 3.8) is 0 Å². The zero-order chi connectivity index (χ0) is 20.7. The van der Waals surface area contributed by atoms with Crippen LogP contribution in [0, 0.1) is 12.8 Å². The van der Waals surface area contributed by atoms with Gasteiger partial charge in [-0.05, 0) is 89.5 Å². The van der Waals surface area contributed by atoms with Gasteiger partial charge in [-0.25, -0.2) is 4.79 Å². The molecule has 0 spiro atoms. The van der Waals surface area contributed by atoms with Crippen molar-refractivity contribution in [2.75, 3.05) is 26.8 Å². The van der Waals surface area contributed by atoms with E-state index in [1.807, 2.05) is 31.7 Å². The van der Waals surface area contributed by atoms with Crippen molar-refractivity contribution in [2.24, 2.45) is 5.92 Å². The summed E-state index contributed by atoms with van der Waals surface area (Å²) in [5.41, 5.74) is 1.97. The minimum atomic E-state index is -0.427. The van der Waals surface area contributed by atoms with E-state index in [1.165, 1.54) is 11.1 Å². The number of hydrogen-bond donors (Lipinski definition) is 0. The highest BCUT2D eigenvalue weighted by Gasteiger charge is 2.26. The van der Waals surface area contributed by atoms with Gasteiger partial charge in [0, 0.05) is 20.2 Å². The number of ether oxygens (including phenoxy) is 3. The van der Waals surface area contributed by atoms with Crippen molar-refractivity contribution in [2.45, 2.75) is 72.0 Å². The molecule has 1 amide bonds. The van der Waals surface area contributed by atoms with Crippen molar-refractivity contribution in [3.8, 4) is 5.75 Å². The molecule has 1 aromatic rings. The number of methoxy groups -OCH3 is 1. The number of nitrogens with zero attached hydrogens (tertiary/aromatic N) is 1. The zero-order valence-electron chi connectivity index (χ0n) is 18.4. The summed E-state index contributed by atoms with van der Waals surface area (Å²) in [5.74, 6) is 1.58. The van der Waals surface area contributed by atoms with E-state index in [-0.39, 0.29) is 12.2 Å². The van der Waals surface area contributed by atoms with Crippen LogP contribution < -0.4 is 4.74 Å². The molecule has 5 nitrogen and oxygen atoms in total. The standard InChI is InChI=1S/C23H37NO4/c1-17-16-20(9-10-21(17)18(2)26-6)27-15-7-8-19-11-13-24(14-12-19)22(25)28-23(3,4)5/h9-10,16,18-19H,7-8,11-15H2,1-6H3. The van der Waals surface area contributed by atoms with E-state index >= 15 is 0 Å². The monoisotopic (exact) mass is 391 g/mol. The quantitative estimate of drug-likeness (QED) is 0.575. The van der Waals surface area contributed by atoms with Gasteiger partial charge in [-0.15, -0.1) is 0 Å². The molecular weight excluding hydrogens is 354 g/mol. The van der Waals surface area contributed by atoms with Crippen LogP contribution >= 0.6 is 0 Å². The summed E-state index contributed by atoms with van der Waals surface area (Å²) in [4.78, 5) is 14.0. The fourth-order valence-electron chi connectivity index (χ4n) is 3.61. The van der Waals surface area contributed by atoms with Gasteiger partial charge in [-0.3, -0.25) is 0 Å². The number of carbonyl (C=O) groups is 1. The molecule has 0 saturated carbocycles. The van der Waals surface area contributed by atoms with E-state index in [4.69, 9.17) is 14.2 Å². The fraction of sp³-hybridized carbons (Fsp3) is 0.696. The van der Waals surface area contributed by atoms with Gasteiger partial charge in [0.05, 0.1) is 12.7 Å². The Kier molecular flexibility index (Phi) is 8.17. The summed E-state index contributed by atoms with van der Waals surface area (Å²) < 4.78 is 16.8. The topological polar surface area (TPSA) is 48.0 Å². The number of likely N-dealkylation sites (tertiary alicyclic amines) is 1. The van der Waals surface area contributed by atoms with E-state index < -0.39 is 5.60 Å². The molecule has 0 N–H and O–H groups in total. The number of benzene rings is 1. The maximum Gasteiger partial charge on any atom is 0.410 e. The third kappa shape index (κ3) is 7.01. The second kappa shape index (κ2) is 10.1. The van der Waals surface area contributed by atoms with E-state index in [0.717, 1.165) is 51.1 Å². The zero-order valence-corrected chi connectivity index (χ0v) is 18.4. The van der Waals surface area contributed by atoms with Gasteiger partial charge in [-0.2, -0.15) is 0 Å². The lowest BCUT2D eigenvalue weighted by Crippen LogP contribution is -2.41. The van der Waals surface area contributed by atoms with Crippen molar-refractivity contribution in [1.29, 1.82) is 0 Å². The molecular formula is C23H37NO4. The van der Waals surface area contributed by atoms with Gasteiger partial charge in [-0.1, -0.05) is 6.07 Å². The van der Waals surface area contributed by atoms with E-state index in [9.17, 15) is 4.79 Å². The van der Waals surface area contributed by atoms with Crippen molar-refractivity contribution in [1.82, 2.24) is 4.90 Å². The molecule has 1 heterocycles. The first kappa shape index (κ1) is 22.5. The lowest BCUT2D eigenvalue weighted by molar-refractivity contribution is 0.0179. The van der Waals surface area contributed by atoms with Crippen molar-refractivity contribution >= 4 is 6.09 Å². The van der Waals surface area contributed by atoms with Crippen molar-refractivity contribution < 1.29 is 19.0 Å². The van der Waals surface area contributed by atoms with Crippen LogP contribution in [0.4, 0.5) is 4.79 Å². The highest BCUT2D eigenvalue weighted by Crippen LogP contribution is 2.26. The lowest BCUT2D eigenvalue weighted by atomic mass is 9.92. The van der Waals surface area contributed by atoms with E-state index in [1.54, 1.807) is 7.11 Å². The van der Waals surface area contributed by atoms with Crippen LogP contribution in [0.25, 0.3) is 0 Å². The Bertz CT molecular complexity index is 630. The molecule has 1 fully saturated rings. The molecule has 1 aromatic carbocycles. The molecule has 28 heavy (non-hydrogen) atoms. The summed E-state index contributed by atoms with van der Waals surface area (Å²) in [7, 11) is 1.73. The van der Waals surface area contributed by atoms with Gasteiger partial charge in [0.25, 0.3) is 0 Å². The predicted octanol–water partition coefficient (Wildman–Crippen LogP) is 5.51. The molecule has 0 bridgehead atoms. The normalized spacial score (nSPS) is 16.7. The molecule has 1 unspecified atom stereocenters. The summed E-state index contributed by atoms with van der Waals surface area (Å²) >= 11 is 0. The molecule has 1 aliphatic heterocycles. The largest absolute Gasteiger partial charge is 0.494 e. The summed E-state index contributed by atoms with van der Waals surface area (Å²) in [6.07, 6.45) is 4.17. The van der Waals surface area contributed by atoms with Gasteiger partial charge in [0.2, 0.25) is 0 Å². The number of rotatable bonds is 7. The van der Waals surface area contributed by atoms with Crippen LogP contribution in [0.2, 0.25) is 0 Å².